The Balaban J connectivity index is 1.97. The number of hydrogen-bond acceptors (Lipinski definition) is 5. The maximum Gasteiger partial charge on any atom is 0.131 e. The molecule has 3 nitrogen and oxygen atoms in total. The second-order valence-corrected chi connectivity index (χ2v) is 7.55. The molecule has 0 saturated carbocycles. The third-order valence-electron chi connectivity index (χ3n) is 4.22. The summed E-state index contributed by atoms with van der Waals surface area (Å²) in [4.78, 5) is 11.3. The molecule has 0 aromatic carbocycles. The molecular weight excluding hydrogens is 310 g/mol. The van der Waals surface area contributed by atoms with Gasteiger partial charge < -0.3 is 5.73 Å². The van der Waals surface area contributed by atoms with Gasteiger partial charge in [-0.1, -0.05) is 19.1 Å². The molecule has 0 amide bonds. The highest BCUT2D eigenvalue weighted by Crippen LogP contribution is 2.49. The van der Waals surface area contributed by atoms with Crippen molar-refractivity contribution in [3.05, 3.63) is 62.4 Å². The van der Waals surface area contributed by atoms with Gasteiger partial charge in [-0.05, 0) is 41.0 Å². The van der Waals surface area contributed by atoms with Crippen molar-refractivity contribution in [2.24, 2.45) is 0 Å². The maximum atomic E-state index is 6.21. The first-order valence-corrected chi connectivity index (χ1v) is 8.84. The van der Waals surface area contributed by atoms with Crippen molar-refractivity contribution in [2.75, 3.05) is 5.73 Å². The Labute approximate surface area is 137 Å². The molecule has 3 heterocycles. The van der Waals surface area contributed by atoms with Gasteiger partial charge in [0, 0.05) is 20.7 Å². The first-order valence-electron chi connectivity index (χ1n) is 7.08. The molecule has 1 aliphatic carbocycles. The van der Waals surface area contributed by atoms with Crippen LogP contribution in [0.25, 0.3) is 11.6 Å². The first kappa shape index (κ1) is 13.7. The molecule has 0 spiro atoms. The van der Waals surface area contributed by atoms with Crippen LogP contribution in [0.4, 0.5) is 5.82 Å². The molecule has 3 aromatic heterocycles. The number of thiophene rings is 2. The molecule has 0 bridgehead atoms. The first-order chi connectivity index (χ1) is 10.7. The van der Waals surface area contributed by atoms with Gasteiger partial charge in [-0.3, -0.25) is 0 Å². The van der Waals surface area contributed by atoms with Crippen molar-refractivity contribution in [3.63, 3.8) is 0 Å². The van der Waals surface area contributed by atoms with Gasteiger partial charge >= 0.3 is 0 Å². The van der Waals surface area contributed by atoms with E-state index in [4.69, 9.17) is 5.73 Å². The van der Waals surface area contributed by atoms with Gasteiger partial charge in [0.05, 0.1) is 5.69 Å². The summed E-state index contributed by atoms with van der Waals surface area (Å²) in [5.41, 5.74) is 9.35. The van der Waals surface area contributed by atoms with Crippen molar-refractivity contribution in [2.45, 2.75) is 18.8 Å². The van der Waals surface area contributed by atoms with Crippen LogP contribution in [0.3, 0.4) is 0 Å². The van der Waals surface area contributed by atoms with Crippen LogP contribution in [0.1, 0.15) is 34.4 Å². The summed E-state index contributed by atoms with van der Waals surface area (Å²) in [6.45, 7) is 2.25. The van der Waals surface area contributed by atoms with Crippen LogP contribution in [-0.4, -0.2) is 9.97 Å². The molecule has 3 aromatic rings. The van der Waals surface area contributed by atoms with E-state index in [-0.39, 0.29) is 5.41 Å². The summed E-state index contributed by atoms with van der Waals surface area (Å²) in [5, 5.41) is 4.23. The van der Waals surface area contributed by atoms with E-state index in [0.717, 1.165) is 17.7 Å². The van der Waals surface area contributed by atoms with Gasteiger partial charge in [-0.2, -0.15) is 0 Å². The summed E-state index contributed by atoms with van der Waals surface area (Å²) in [6, 6.07) is 8.53. The van der Waals surface area contributed by atoms with Crippen molar-refractivity contribution in [1.29, 1.82) is 0 Å². The normalized spacial score (nSPS) is 20.5. The highest BCUT2D eigenvalue weighted by molar-refractivity contribution is 7.11. The Morgan fingerprint density at radius 2 is 1.95 bits per heavy atom. The van der Waals surface area contributed by atoms with Gasteiger partial charge in [0.2, 0.25) is 0 Å². The summed E-state index contributed by atoms with van der Waals surface area (Å²) in [5.74, 6) is 0.586. The van der Waals surface area contributed by atoms with Crippen molar-refractivity contribution >= 4 is 40.1 Å². The van der Waals surface area contributed by atoms with Crippen LogP contribution >= 0.6 is 22.7 Å². The zero-order valence-corrected chi connectivity index (χ0v) is 13.7. The molecule has 0 radical (unpaired) electrons. The van der Waals surface area contributed by atoms with Crippen LogP contribution in [0, 0.1) is 0 Å². The monoisotopic (exact) mass is 325 g/mol. The van der Waals surface area contributed by atoms with E-state index in [1.165, 1.54) is 15.3 Å². The van der Waals surface area contributed by atoms with Gasteiger partial charge in [0.15, 0.2) is 0 Å². The van der Waals surface area contributed by atoms with Crippen molar-refractivity contribution in [1.82, 2.24) is 9.97 Å². The summed E-state index contributed by atoms with van der Waals surface area (Å²) in [7, 11) is 0. The molecule has 22 heavy (non-hydrogen) atoms. The topological polar surface area (TPSA) is 51.8 Å². The van der Waals surface area contributed by atoms with Gasteiger partial charge in [-0.15, -0.1) is 22.7 Å². The molecule has 1 unspecified atom stereocenters. The van der Waals surface area contributed by atoms with E-state index in [1.807, 2.05) is 0 Å². The zero-order valence-electron chi connectivity index (χ0n) is 12.1. The lowest BCUT2D eigenvalue weighted by molar-refractivity contribution is 0.592. The molecule has 4 rings (SSSR count). The average molecular weight is 325 g/mol. The average Bonchev–Trinajstić information content (AvgIpc) is 3.21. The van der Waals surface area contributed by atoms with E-state index < -0.39 is 0 Å². The minimum absolute atomic E-state index is 0.178. The van der Waals surface area contributed by atoms with Crippen LogP contribution in [0.2, 0.25) is 0 Å². The van der Waals surface area contributed by atoms with E-state index in [1.54, 1.807) is 29.0 Å². The van der Waals surface area contributed by atoms with Gasteiger partial charge in [-0.25, -0.2) is 9.97 Å². The molecule has 1 atom stereocenters. The number of fused-ring (bicyclic) bond motifs is 1. The molecule has 0 aliphatic heterocycles. The Morgan fingerprint density at radius 1 is 1.14 bits per heavy atom. The minimum atomic E-state index is -0.178. The number of hydrogen-bond donors (Lipinski definition) is 1. The SMILES string of the molecule is CC1(c2cccs2)CC(c2cccs2)=Cc2ncnc(N)c21. The highest BCUT2D eigenvalue weighted by atomic mass is 32.1. The Bertz CT molecular complexity index is 835. The largest absolute Gasteiger partial charge is 0.383 e. The number of nitrogens with zero attached hydrogens (tertiary/aromatic N) is 2. The van der Waals surface area contributed by atoms with Crippen LogP contribution < -0.4 is 5.73 Å². The molecule has 1 aliphatic rings. The second kappa shape index (κ2) is 5.04. The van der Waals surface area contributed by atoms with Gasteiger partial charge in [0.25, 0.3) is 0 Å². The lowest BCUT2D eigenvalue weighted by Gasteiger charge is -2.35. The predicted octanol–water partition coefficient (Wildman–Crippen LogP) is 4.43. The number of anilines is 1. The van der Waals surface area contributed by atoms with Gasteiger partial charge in [0.1, 0.15) is 12.1 Å². The van der Waals surface area contributed by atoms with Crippen LogP contribution in [0.5, 0.6) is 0 Å². The third kappa shape index (κ3) is 2.01. The fraction of sp³-hybridized carbons (Fsp3) is 0.176. The minimum Gasteiger partial charge on any atom is -0.383 e. The summed E-state index contributed by atoms with van der Waals surface area (Å²) >= 11 is 3.53. The highest BCUT2D eigenvalue weighted by Gasteiger charge is 2.38. The van der Waals surface area contributed by atoms with E-state index in [0.29, 0.717) is 5.82 Å². The molecule has 110 valence electrons. The van der Waals surface area contributed by atoms with Crippen molar-refractivity contribution < 1.29 is 0 Å². The fourth-order valence-electron chi connectivity index (χ4n) is 3.20. The van der Waals surface area contributed by atoms with Crippen LogP contribution in [0.15, 0.2) is 41.4 Å². The Hall–Kier alpha value is -1.98. The molecule has 5 heteroatoms. The molecule has 0 saturated heterocycles. The van der Waals surface area contributed by atoms with E-state index >= 15 is 0 Å². The Kier molecular flexibility index (Phi) is 3.13. The number of nitrogen functional groups attached to an aromatic ring is 1. The number of aromatic nitrogens is 2. The summed E-state index contributed by atoms with van der Waals surface area (Å²) < 4.78 is 0. The Morgan fingerprint density at radius 3 is 2.68 bits per heavy atom. The lowest BCUT2D eigenvalue weighted by Crippen LogP contribution is -2.29. The molecular formula is C17H15N3S2. The lowest BCUT2D eigenvalue weighted by atomic mass is 9.71. The van der Waals surface area contributed by atoms with Crippen molar-refractivity contribution in [3.8, 4) is 0 Å². The predicted molar refractivity (Wildman–Crippen MR) is 94.0 cm³/mol. The summed E-state index contributed by atoms with van der Waals surface area (Å²) in [6.07, 6.45) is 4.63. The number of nitrogens with two attached hydrogens (primary N) is 1. The van der Waals surface area contributed by atoms with E-state index in [9.17, 15) is 0 Å². The number of rotatable bonds is 2. The molecule has 2 N–H and O–H groups in total. The standard InChI is InChI=1S/C17H15N3S2/c1-17(14-5-3-7-22-14)9-11(13-4-2-6-21-13)8-12-15(17)16(18)20-10-19-12/h2-8,10H,9H2,1H3,(H2,18,19,20). The third-order valence-corrected chi connectivity index (χ3v) is 6.29. The fourth-order valence-corrected chi connectivity index (χ4v) is 4.83. The quantitative estimate of drug-likeness (QED) is 0.758. The maximum absolute atomic E-state index is 6.21. The van der Waals surface area contributed by atoms with E-state index in [2.05, 4.69) is 58.0 Å². The zero-order chi connectivity index (χ0) is 15.2. The van der Waals surface area contributed by atoms with Crippen LogP contribution in [-0.2, 0) is 5.41 Å². The smallest absolute Gasteiger partial charge is 0.131 e. The number of allylic oxidation sites excluding steroid dienone is 1. The molecule has 0 fully saturated rings. The second-order valence-electron chi connectivity index (χ2n) is 5.65.